The highest BCUT2D eigenvalue weighted by Gasteiger charge is 2.20. The largest absolute Gasteiger partial charge is 0.382 e. The summed E-state index contributed by atoms with van der Waals surface area (Å²) < 4.78 is 0. The van der Waals surface area contributed by atoms with Gasteiger partial charge in [0.1, 0.15) is 0 Å². The smallest absolute Gasteiger partial charge is 0.0377 e. The first-order chi connectivity index (χ1) is 8.83. The van der Waals surface area contributed by atoms with Crippen LogP contribution < -0.4 is 5.32 Å². The van der Waals surface area contributed by atoms with Gasteiger partial charge in [-0.25, -0.2) is 0 Å². The van der Waals surface area contributed by atoms with E-state index in [0.29, 0.717) is 6.04 Å². The lowest BCUT2D eigenvalue weighted by atomic mass is 9.86. The lowest BCUT2D eigenvalue weighted by molar-refractivity contribution is 0.358. The second kappa shape index (κ2) is 5.34. The summed E-state index contributed by atoms with van der Waals surface area (Å²) in [5.41, 5.74) is 4.64. The van der Waals surface area contributed by atoms with Crippen molar-refractivity contribution in [3.8, 4) is 0 Å². The van der Waals surface area contributed by atoms with Crippen LogP contribution in [0.3, 0.4) is 0 Å². The summed E-state index contributed by atoms with van der Waals surface area (Å²) in [5, 5.41) is 3.84. The van der Waals surface area contributed by atoms with Gasteiger partial charge in [-0.3, -0.25) is 0 Å². The summed E-state index contributed by atoms with van der Waals surface area (Å²) >= 11 is 0. The van der Waals surface area contributed by atoms with Gasteiger partial charge < -0.3 is 5.32 Å². The van der Waals surface area contributed by atoms with Gasteiger partial charge in [-0.1, -0.05) is 31.9 Å². The van der Waals surface area contributed by atoms with Crippen LogP contribution in [0.1, 0.15) is 56.6 Å². The molecule has 0 bridgehead atoms. The average Bonchev–Trinajstić information content (AvgIpc) is 2.39. The first kappa shape index (κ1) is 12.1. The number of hydrogen-bond donors (Lipinski definition) is 1. The molecule has 0 aromatic heterocycles. The number of aryl methyl sites for hydroxylation is 1. The maximum Gasteiger partial charge on any atom is 0.0377 e. The summed E-state index contributed by atoms with van der Waals surface area (Å²) in [6, 6.07) is 7.56. The van der Waals surface area contributed by atoms with Crippen molar-refractivity contribution < 1.29 is 0 Å². The fourth-order valence-electron chi connectivity index (χ4n) is 3.70. The Morgan fingerprint density at radius 3 is 2.83 bits per heavy atom. The molecule has 18 heavy (non-hydrogen) atoms. The van der Waals surface area contributed by atoms with E-state index >= 15 is 0 Å². The van der Waals surface area contributed by atoms with Gasteiger partial charge in [-0.2, -0.15) is 0 Å². The highest BCUT2D eigenvalue weighted by atomic mass is 14.9. The average molecular weight is 243 g/mol. The van der Waals surface area contributed by atoms with Crippen molar-refractivity contribution in [2.75, 3.05) is 5.32 Å². The van der Waals surface area contributed by atoms with Crippen LogP contribution in [0.2, 0.25) is 0 Å². The van der Waals surface area contributed by atoms with Gasteiger partial charge in [0.25, 0.3) is 0 Å². The molecule has 0 saturated heterocycles. The van der Waals surface area contributed by atoms with Crippen molar-refractivity contribution >= 4 is 5.69 Å². The number of rotatable bonds is 2. The quantitative estimate of drug-likeness (QED) is 0.803. The van der Waals surface area contributed by atoms with Gasteiger partial charge in [-0.15, -0.1) is 0 Å². The van der Waals surface area contributed by atoms with Crippen LogP contribution in [0.4, 0.5) is 5.69 Å². The van der Waals surface area contributed by atoms with Gasteiger partial charge in [0.15, 0.2) is 0 Å². The van der Waals surface area contributed by atoms with Crippen LogP contribution in [0.15, 0.2) is 18.2 Å². The van der Waals surface area contributed by atoms with E-state index in [2.05, 4.69) is 30.4 Å². The minimum absolute atomic E-state index is 0.710. The van der Waals surface area contributed by atoms with Crippen LogP contribution in [-0.2, 0) is 12.8 Å². The molecule has 3 rings (SSSR count). The van der Waals surface area contributed by atoms with Crippen molar-refractivity contribution in [3.05, 3.63) is 29.3 Å². The number of nitrogens with one attached hydrogen (secondary N) is 1. The maximum absolute atomic E-state index is 3.84. The van der Waals surface area contributed by atoms with Crippen LogP contribution in [0, 0.1) is 5.92 Å². The van der Waals surface area contributed by atoms with E-state index in [9.17, 15) is 0 Å². The molecule has 1 saturated carbocycles. The SMILES string of the molecule is CC1CCCC(Nc2cccc3c2CCCC3)C1. The third-order valence-electron chi connectivity index (χ3n) is 4.69. The second-order valence-electron chi connectivity index (χ2n) is 6.26. The standard InChI is InChI=1S/C17H25N/c1-13-6-4-9-15(12-13)18-17-11-5-8-14-7-2-3-10-16(14)17/h5,8,11,13,15,18H,2-4,6-7,9-10,12H2,1H3. The zero-order chi connectivity index (χ0) is 12.4. The highest BCUT2D eigenvalue weighted by molar-refractivity contribution is 5.56. The lowest BCUT2D eigenvalue weighted by Crippen LogP contribution is -2.27. The Labute approximate surface area is 111 Å². The van der Waals surface area contributed by atoms with Crippen LogP contribution in [0.25, 0.3) is 0 Å². The van der Waals surface area contributed by atoms with Crippen LogP contribution in [-0.4, -0.2) is 6.04 Å². The molecule has 2 unspecified atom stereocenters. The monoisotopic (exact) mass is 243 g/mol. The molecule has 1 aromatic rings. The van der Waals surface area contributed by atoms with Gasteiger partial charge >= 0.3 is 0 Å². The molecule has 1 N–H and O–H groups in total. The highest BCUT2D eigenvalue weighted by Crippen LogP contribution is 2.31. The molecule has 0 aliphatic heterocycles. The van der Waals surface area contributed by atoms with E-state index < -0.39 is 0 Å². The number of hydrogen-bond acceptors (Lipinski definition) is 1. The van der Waals surface area contributed by atoms with Gasteiger partial charge in [-0.05, 0) is 61.6 Å². The molecule has 0 heterocycles. The normalized spacial score (nSPS) is 27.6. The third-order valence-corrected chi connectivity index (χ3v) is 4.69. The van der Waals surface area contributed by atoms with Crippen molar-refractivity contribution in [1.29, 1.82) is 0 Å². The number of anilines is 1. The Morgan fingerprint density at radius 2 is 1.94 bits per heavy atom. The first-order valence-corrected chi connectivity index (χ1v) is 7.70. The molecule has 1 heteroatoms. The topological polar surface area (TPSA) is 12.0 Å². The molecular formula is C17H25N. The molecule has 0 amide bonds. The van der Waals surface area contributed by atoms with Crippen molar-refractivity contribution in [3.63, 3.8) is 0 Å². The molecular weight excluding hydrogens is 218 g/mol. The van der Waals surface area contributed by atoms with E-state index in [-0.39, 0.29) is 0 Å². The number of fused-ring (bicyclic) bond motifs is 1. The van der Waals surface area contributed by atoms with Gasteiger partial charge in [0.2, 0.25) is 0 Å². The van der Waals surface area contributed by atoms with Crippen LogP contribution >= 0.6 is 0 Å². The number of benzene rings is 1. The van der Waals surface area contributed by atoms with Crippen molar-refractivity contribution in [1.82, 2.24) is 0 Å². The fourth-order valence-corrected chi connectivity index (χ4v) is 3.70. The van der Waals surface area contributed by atoms with E-state index in [1.807, 2.05) is 0 Å². The predicted octanol–water partition coefficient (Wildman–Crippen LogP) is 4.56. The Kier molecular flexibility index (Phi) is 3.58. The maximum atomic E-state index is 3.84. The summed E-state index contributed by atoms with van der Waals surface area (Å²) in [7, 11) is 0. The zero-order valence-electron chi connectivity index (χ0n) is 11.5. The molecule has 0 radical (unpaired) electrons. The molecule has 2 aliphatic carbocycles. The summed E-state index contributed by atoms with van der Waals surface area (Å²) in [6.07, 6.45) is 10.8. The Balaban J connectivity index is 1.76. The van der Waals surface area contributed by atoms with Gasteiger partial charge in [0, 0.05) is 11.7 Å². The third kappa shape index (κ3) is 2.55. The van der Waals surface area contributed by atoms with Crippen LogP contribution in [0.5, 0.6) is 0 Å². The summed E-state index contributed by atoms with van der Waals surface area (Å²) in [5.74, 6) is 0.899. The molecule has 98 valence electrons. The lowest BCUT2D eigenvalue weighted by Gasteiger charge is -2.30. The minimum Gasteiger partial charge on any atom is -0.382 e. The summed E-state index contributed by atoms with van der Waals surface area (Å²) in [6.45, 7) is 2.40. The van der Waals surface area contributed by atoms with E-state index in [1.165, 1.54) is 57.1 Å². The van der Waals surface area contributed by atoms with E-state index in [1.54, 1.807) is 11.1 Å². The van der Waals surface area contributed by atoms with E-state index in [4.69, 9.17) is 0 Å². The molecule has 2 atom stereocenters. The van der Waals surface area contributed by atoms with Crippen molar-refractivity contribution in [2.24, 2.45) is 5.92 Å². The molecule has 1 fully saturated rings. The Bertz CT molecular complexity index is 410. The second-order valence-corrected chi connectivity index (χ2v) is 6.26. The minimum atomic E-state index is 0.710. The Hall–Kier alpha value is -0.980. The molecule has 1 aromatic carbocycles. The first-order valence-electron chi connectivity index (χ1n) is 7.70. The predicted molar refractivity (Wildman–Crippen MR) is 78.1 cm³/mol. The van der Waals surface area contributed by atoms with Crippen molar-refractivity contribution in [2.45, 2.75) is 64.3 Å². The molecule has 0 spiro atoms. The van der Waals surface area contributed by atoms with Gasteiger partial charge in [0.05, 0.1) is 0 Å². The summed E-state index contributed by atoms with van der Waals surface area (Å²) in [4.78, 5) is 0. The fraction of sp³-hybridized carbons (Fsp3) is 0.647. The molecule has 1 nitrogen and oxygen atoms in total. The Morgan fingerprint density at radius 1 is 1.06 bits per heavy atom. The molecule has 2 aliphatic rings. The zero-order valence-corrected chi connectivity index (χ0v) is 11.5. The van der Waals surface area contributed by atoms with E-state index in [0.717, 1.165) is 5.92 Å².